The van der Waals surface area contributed by atoms with Gasteiger partial charge in [-0.05, 0) is 6.42 Å². The number of aromatic nitrogens is 1. The Morgan fingerprint density at radius 1 is 1.57 bits per heavy atom. The molecule has 3 nitrogen and oxygen atoms in total. The topological polar surface area (TPSA) is 62.8 Å². The summed E-state index contributed by atoms with van der Waals surface area (Å²) in [6.45, 7) is 0. The van der Waals surface area contributed by atoms with Crippen molar-refractivity contribution in [3.8, 4) is 0 Å². The van der Waals surface area contributed by atoms with E-state index in [0.717, 1.165) is 11.4 Å². The van der Waals surface area contributed by atoms with Gasteiger partial charge in [-0.2, -0.15) is 0 Å². The molecule has 0 aliphatic heterocycles. The minimum atomic E-state index is -0.497. The fourth-order valence-electron chi connectivity index (χ4n) is 1.54. The lowest BCUT2D eigenvalue weighted by Gasteiger charge is -2.27. The number of nitrogens with one attached hydrogen (secondary N) is 1. The Morgan fingerprint density at radius 2 is 2.43 bits per heavy atom. The zero-order valence-electron chi connectivity index (χ0n) is 7.60. The minimum Gasteiger partial charge on any atom is -0.387 e. The van der Waals surface area contributed by atoms with Gasteiger partial charge in [-0.25, -0.2) is 4.98 Å². The SMILES string of the molecule is N=C(N)C1(c2nccs2)C=CC=CC1. The second-order valence-electron chi connectivity index (χ2n) is 3.21. The Labute approximate surface area is 86.5 Å². The summed E-state index contributed by atoms with van der Waals surface area (Å²) in [6, 6.07) is 0. The number of rotatable bonds is 2. The van der Waals surface area contributed by atoms with Gasteiger partial charge in [-0.15, -0.1) is 11.3 Å². The number of amidine groups is 1. The molecule has 1 aromatic rings. The van der Waals surface area contributed by atoms with Crippen molar-refractivity contribution >= 4 is 17.2 Å². The molecule has 0 aromatic carbocycles. The lowest BCUT2D eigenvalue weighted by Crippen LogP contribution is -2.39. The van der Waals surface area contributed by atoms with E-state index in [9.17, 15) is 0 Å². The van der Waals surface area contributed by atoms with Gasteiger partial charge in [0.1, 0.15) is 16.3 Å². The second kappa shape index (κ2) is 3.38. The Hall–Kier alpha value is -1.42. The normalized spacial score (nSPS) is 25.1. The van der Waals surface area contributed by atoms with Crippen LogP contribution in [0.2, 0.25) is 0 Å². The average molecular weight is 205 g/mol. The summed E-state index contributed by atoms with van der Waals surface area (Å²) in [5.41, 5.74) is 5.16. The number of hydrogen-bond acceptors (Lipinski definition) is 3. The molecule has 1 atom stereocenters. The molecule has 72 valence electrons. The van der Waals surface area contributed by atoms with Gasteiger partial charge in [0, 0.05) is 11.6 Å². The van der Waals surface area contributed by atoms with Crippen molar-refractivity contribution in [1.29, 1.82) is 5.41 Å². The predicted octanol–water partition coefficient (Wildman–Crippen LogP) is 1.83. The van der Waals surface area contributed by atoms with Crippen molar-refractivity contribution in [1.82, 2.24) is 4.98 Å². The highest BCUT2D eigenvalue weighted by Gasteiger charge is 2.35. The molecule has 1 aromatic heterocycles. The highest BCUT2D eigenvalue weighted by Crippen LogP contribution is 2.33. The molecule has 0 bridgehead atoms. The Balaban J connectivity index is 2.47. The fourth-order valence-corrected chi connectivity index (χ4v) is 2.38. The summed E-state index contributed by atoms with van der Waals surface area (Å²) < 4.78 is 0. The summed E-state index contributed by atoms with van der Waals surface area (Å²) in [5, 5.41) is 10.5. The zero-order chi connectivity index (χ0) is 10.0. The molecule has 0 amide bonds. The number of nitrogens with two attached hydrogens (primary N) is 1. The molecular weight excluding hydrogens is 194 g/mol. The van der Waals surface area contributed by atoms with E-state index in [1.807, 2.05) is 29.7 Å². The molecule has 1 heterocycles. The van der Waals surface area contributed by atoms with Crippen molar-refractivity contribution in [2.45, 2.75) is 11.8 Å². The van der Waals surface area contributed by atoms with Crippen LogP contribution in [0.1, 0.15) is 11.4 Å². The molecule has 1 aliphatic carbocycles. The van der Waals surface area contributed by atoms with Crippen LogP contribution in [0.5, 0.6) is 0 Å². The summed E-state index contributed by atoms with van der Waals surface area (Å²) in [4.78, 5) is 4.25. The maximum atomic E-state index is 7.67. The van der Waals surface area contributed by atoms with Gasteiger partial charge in [0.25, 0.3) is 0 Å². The van der Waals surface area contributed by atoms with Gasteiger partial charge >= 0.3 is 0 Å². The highest BCUT2D eigenvalue weighted by molar-refractivity contribution is 7.09. The van der Waals surface area contributed by atoms with E-state index < -0.39 is 5.41 Å². The van der Waals surface area contributed by atoms with Crippen molar-refractivity contribution in [2.24, 2.45) is 5.73 Å². The van der Waals surface area contributed by atoms with E-state index in [-0.39, 0.29) is 5.84 Å². The maximum Gasteiger partial charge on any atom is 0.110 e. The molecule has 1 unspecified atom stereocenters. The average Bonchev–Trinajstić information content (AvgIpc) is 2.72. The third-order valence-corrected chi connectivity index (χ3v) is 3.31. The van der Waals surface area contributed by atoms with Crippen LogP contribution in [0.4, 0.5) is 0 Å². The first-order chi connectivity index (χ1) is 6.76. The van der Waals surface area contributed by atoms with Crippen LogP contribution in [0.15, 0.2) is 35.9 Å². The van der Waals surface area contributed by atoms with Crippen molar-refractivity contribution in [2.75, 3.05) is 0 Å². The van der Waals surface area contributed by atoms with Gasteiger partial charge in [0.15, 0.2) is 0 Å². The van der Waals surface area contributed by atoms with Crippen molar-refractivity contribution in [3.05, 3.63) is 40.9 Å². The molecule has 0 radical (unpaired) electrons. The molecule has 14 heavy (non-hydrogen) atoms. The Kier molecular flexibility index (Phi) is 2.21. The fraction of sp³-hybridized carbons (Fsp3) is 0.200. The third kappa shape index (κ3) is 1.28. The summed E-state index contributed by atoms with van der Waals surface area (Å²) in [7, 11) is 0. The quantitative estimate of drug-likeness (QED) is 0.571. The maximum absolute atomic E-state index is 7.67. The van der Waals surface area contributed by atoms with E-state index in [4.69, 9.17) is 11.1 Å². The van der Waals surface area contributed by atoms with E-state index in [1.54, 1.807) is 6.20 Å². The summed E-state index contributed by atoms with van der Waals surface area (Å²) >= 11 is 1.54. The number of allylic oxidation sites excluding steroid dienone is 3. The van der Waals surface area contributed by atoms with E-state index in [1.165, 1.54) is 11.3 Å². The van der Waals surface area contributed by atoms with Crippen molar-refractivity contribution in [3.63, 3.8) is 0 Å². The largest absolute Gasteiger partial charge is 0.387 e. The lowest BCUT2D eigenvalue weighted by molar-refractivity contribution is 0.700. The number of thiazole rings is 1. The first-order valence-electron chi connectivity index (χ1n) is 4.34. The monoisotopic (exact) mass is 205 g/mol. The second-order valence-corrected chi connectivity index (χ2v) is 4.11. The van der Waals surface area contributed by atoms with Crippen LogP contribution in [0.25, 0.3) is 0 Å². The molecule has 1 aliphatic rings. The molecule has 0 saturated carbocycles. The molecule has 0 saturated heterocycles. The molecule has 4 heteroatoms. The van der Waals surface area contributed by atoms with Crippen LogP contribution < -0.4 is 5.73 Å². The van der Waals surface area contributed by atoms with Crippen LogP contribution in [-0.4, -0.2) is 10.8 Å². The van der Waals surface area contributed by atoms with Gasteiger partial charge in [0.05, 0.1) is 0 Å². The first-order valence-corrected chi connectivity index (χ1v) is 5.22. The Morgan fingerprint density at radius 3 is 2.93 bits per heavy atom. The highest BCUT2D eigenvalue weighted by atomic mass is 32.1. The minimum absolute atomic E-state index is 0.160. The van der Waals surface area contributed by atoms with Gasteiger partial charge < -0.3 is 5.73 Å². The molecule has 2 rings (SSSR count). The van der Waals surface area contributed by atoms with Crippen LogP contribution in [0.3, 0.4) is 0 Å². The number of hydrogen-bond donors (Lipinski definition) is 2. The van der Waals surface area contributed by atoms with Gasteiger partial charge in [0.2, 0.25) is 0 Å². The van der Waals surface area contributed by atoms with Gasteiger partial charge in [-0.1, -0.05) is 24.3 Å². The third-order valence-electron chi connectivity index (χ3n) is 2.36. The van der Waals surface area contributed by atoms with Crippen molar-refractivity contribution < 1.29 is 0 Å². The Bertz CT molecular complexity index is 392. The van der Waals surface area contributed by atoms with E-state index >= 15 is 0 Å². The van der Waals surface area contributed by atoms with E-state index in [2.05, 4.69) is 4.98 Å². The predicted molar refractivity (Wildman–Crippen MR) is 58.6 cm³/mol. The summed E-state index contributed by atoms with van der Waals surface area (Å²) in [6.07, 6.45) is 10.3. The lowest BCUT2D eigenvalue weighted by atomic mass is 9.81. The first kappa shape index (κ1) is 9.15. The molecular formula is C10H11N3S. The number of nitrogens with zero attached hydrogens (tertiary/aromatic N) is 1. The standard InChI is InChI=1S/C10H11N3S/c11-8(12)10(4-2-1-3-5-10)9-13-6-7-14-9/h1-4,6-7H,5H2,(H3,11,12). The van der Waals surface area contributed by atoms with Crippen LogP contribution in [0, 0.1) is 5.41 Å². The van der Waals surface area contributed by atoms with E-state index in [0.29, 0.717) is 0 Å². The zero-order valence-corrected chi connectivity index (χ0v) is 8.42. The molecule has 0 fully saturated rings. The molecule has 0 spiro atoms. The smallest absolute Gasteiger partial charge is 0.110 e. The summed E-state index contributed by atoms with van der Waals surface area (Å²) in [5.74, 6) is 0.160. The molecule has 3 N–H and O–H groups in total. The van der Waals surface area contributed by atoms with Crippen LogP contribution >= 0.6 is 11.3 Å². The van der Waals surface area contributed by atoms with Crippen LogP contribution in [-0.2, 0) is 5.41 Å². The van der Waals surface area contributed by atoms with Gasteiger partial charge in [-0.3, -0.25) is 5.41 Å².